The van der Waals surface area contributed by atoms with E-state index in [0.29, 0.717) is 0 Å². The molecule has 2 aliphatic carbocycles. The van der Waals surface area contributed by atoms with Crippen LogP contribution in [0, 0.1) is 17.8 Å². The third-order valence-electron chi connectivity index (χ3n) is 7.55. The van der Waals surface area contributed by atoms with Crippen LogP contribution in [0.25, 0.3) is 5.57 Å². The van der Waals surface area contributed by atoms with Crippen LogP contribution in [0.15, 0.2) is 42.5 Å². The Morgan fingerprint density at radius 1 is 0.806 bits per heavy atom. The van der Waals surface area contributed by atoms with E-state index in [1.165, 1.54) is 94.6 Å². The Kier molecular flexibility index (Phi) is 10.8. The lowest BCUT2D eigenvalue weighted by atomic mass is 9.72. The van der Waals surface area contributed by atoms with E-state index in [1.807, 2.05) is 0 Å². The van der Waals surface area contributed by atoms with Crippen LogP contribution in [-0.2, 0) is 0 Å². The fourth-order valence-electron chi connectivity index (χ4n) is 5.40. The van der Waals surface area contributed by atoms with Crippen LogP contribution < -0.4 is 4.74 Å². The van der Waals surface area contributed by atoms with E-state index in [9.17, 15) is 0 Å². The quantitative estimate of drug-likeness (QED) is 0.288. The van der Waals surface area contributed by atoms with Gasteiger partial charge in [-0.15, -0.1) is 0 Å². The minimum Gasteiger partial charge on any atom is -0.494 e. The molecule has 3 rings (SSSR count). The number of allylic oxidation sites excluding steroid dienone is 4. The first kappa shape index (κ1) is 24.1. The van der Waals surface area contributed by atoms with Crippen molar-refractivity contribution in [2.45, 2.75) is 104 Å². The van der Waals surface area contributed by atoms with Gasteiger partial charge in [-0.3, -0.25) is 0 Å². The molecule has 1 saturated carbocycles. The molecule has 0 radical (unpaired) electrons. The number of hydrogen-bond donors (Lipinski definition) is 0. The molecule has 0 heterocycles. The minimum absolute atomic E-state index is 0.760. The molecule has 1 fully saturated rings. The summed E-state index contributed by atoms with van der Waals surface area (Å²) in [6.07, 6.45) is 26.8. The van der Waals surface area contributed by atoms with Crippen LogP contribution >= 0.6 is 0 Å². The van der Waals surface area contributed by atoms with Crippen molar-refractivity contribution in [2.75, 3.05) is 6.61 Å². The second-order valence-corrected chi connectivity index (χ2v) is 9.98. The highest BCUT2D eigenvalue weighted by Gasteiger charge is 2.26. The lowest BCUT2D eigenvalue weighted by molar-refractivity contribution is 0.218. The van der Waals surface area contributed by atoms with Gasteiger partial charge in [0.15, 0.2) is 0 Å². The molecule has 1 unspecified atom stereocenters. The Labute approximate surface area is 192 Å². The van der Waals surface area contributed by atoms with E-state index in [2.05, 4.69) is 56.3 Å². The number of hydrogen-bond acceptors (Lipinski definition) is 1. The van der Waals surface area contributed by atoms with Crippen LogP contribution in [0.4, 0.5) is 0 Å². The van der Waals surface area contributed by atoms with Crippen molar-refractivity contribution < 1.29 is 4.74 Å². The van der Waals surface area contributed by atoms with Gasteiger partial charge >= 0.3 is 0 Å². The molecule has 1 nitrogen and oxygen atoms in total. The second-order valence-electron chi connectivity index (χ2n) is 9.98. The molecule has 1 heteroatoms. The molecule has 0 amide bonds. The third kappa shape index (κ3) is 8.17. The smallest absolute Gasteiger partial charge is 0.119 e. The minimum atomic E-state index is 0.760. The fourth-order valence-corrected chi connectivity index (χ4v) is 5.40. The normalized spacial score (nSPS) is 23.5. The van der Waals surface area contributed by atoms with E-state index < -0.39 is 0 Å². The van der Waals surface area contributed by atoms with E-state index in [-0.39, 0.29) is 0 Å². The van der Waals surface area contributed by atoms with Crippen LogP contribution in [0.3, 0.4) is 0 Å². The fraction of sp³-hybridized carbons (Fsp3) is 0.667. The van der Waals surface area contributed by atoms with E-state index in [1.54, 1.807) is 0 Å². The Morgan fingerprint density at radius 2 is 1.52 bits per heavy atom. The topological polar surface area (TPSA) is 9.23 Å². The van der Waals surface area contributed by atoms with Crippen molar-refractivity contribution >= 4 is 5.57 Å². The maximum atomic E-state index is 5.80. The van der Waals surface area contributed by atoms with Crippen LogP contribution in [0.5, 0.6) is 5.75 Å². The number of ether oxygens (including phenoxy) is 1. The zero-order valence-corrected chi connectivity index (χ0v) is 20.3. The molecular weight excluding hydrogens is 376 g/mol. The summed E-state index contributed by atoms with van der Waals surface area (Å²) >= 11 is 0. The molecule has 0 spiro atoms. The Hall–Kier alpha value is -1.50. The average molecular weight is 423 g/mol. The highest BCUT2D eigenvalue weighted by atomic mass is 16.5. The van der Waals surface area contributed by atoms with Gasteiger partial charge in [0.05, 0.1) is 6.61 Å². The van der Waals surface area contributed by atoms with Crippen LogP contribution in [0.2, 0.25) is 0 Å². The van der Waals surface area contributed by atoms with E-state index in [4.69, 9.17) is 4.74 Å². The second kappa shape index (κ2) is 13.8. The molecule has 0 bridgehead atoms. The van der Waals surface area contributed by atoms with Gasteiger partial charge in [0.25, 0.3) is 0 Å². The third-order valence-corrected chi connectivity index (χ3v) is 7.55. The molecule has 172 valence electrons. The summed E-state index contributed by atoms with van der Waals surface area (Å²) in [6, 6.07) is 8.67. The van der Waals surface area contributed by atoms with Gasteiger partial charge in [-0.05, 0) is 66.7 Å². The number of rotatable bonds is 13. The Balaban J connectivity index is 1.36. The summed E-state index contributed by atoms with van der Waals surface area (Å²) in [5.41, 5.74) is 2.70. The molecule has 1 atom stereocenters. The largest absolute Gasteiger partial charge is 0.494 e. The maximum Gasteiger partial charge on any atom is 0.119 e. The molecule has 0 aromatic heterocycles. The van der Waals surface area contributed by atoms with Crippen molar-refractivity contribution in [3.63, 3.8) is 0 Å². The number of benzene rings is 1. The highest BCUT2D eigenvalue weighted by molar-refractivity contribution is 5.75. The van der Waals surface area contributed by atoms with Crippen molar-refractivity contribution in [1.29, 1.82) is 0 Å². The van der Waals surface area contributed by atoms with E-state index >= 15 is 0 Å². The average Bonchev–Trinajstić information content (AvgIpc) is 2.82. The van der Waals surface area contributed by atoms with Crippen molar-refractivity contribution in [2.24, 2.45) is 17.8 Å². The molecular formula is C30H46O. The first-order valence-corrected chi connectivity index (χ1v) is 13.4. The SMILES string of the molecule is CCCCCCCCC1CCC(C2C=CC(c3ccc(OCCCC)cc3)=CC2)CC1. The highest BCUT2D eigenvalue weighted by Crippen LogP contribution is 2.39. The number of unbranched alkanes of at least 4 members (excludes halogenated alkanes) is 6. The van der Waals surface area contributed by atoms with Crippen LogP contribution in [-0.4, -0.2) is 6.61 Å². The summed E-state index contributed by atoms with van der Waals surface area (Å²) in [7, 11) is 0. The van der Waals surface area contributed by atoms with Gasteiger partial charge in [-0.25, -0.2) is 0 Å². The van der Waals surface area contributed by atoms with Gasteiger partial charge in [-0.1, -0.05) is 108 Å². The first-order chi connectivity index (χ1) is 15.3. The summed E-state index contributed by atoms with van der Waals surface area (Å²) in [5, 5.41) is 0. The zero-order chi connectivity index (χ0) is 21.7. The molecule has 1 aromatic rings. The summed E-state index contributed by atoms with van der Waals surface area (Å²) in [4.78, 5) is 0. The summed E-state index contributed by atoms with van der Waals surface area (Å²) in [6.45, 7) is 5.32. The van der Waals surface area contributed by atoms with Gasteiger partial charge in [-0.2, -0.15) is 0 Å². The van der Waals surface area contributed by atoms with Crippen LogP contribution in [0.1, 0.15) is 109 Å². The molecule has 31 heavy (non-hydrogen) atoms. The first-order valence-electron chi connectivity index (χ1n) is 13.4. The van der Waals surface area contributed by atoms with Gasteiger partial charge in [0, 0.05) is 0 Å². The molecule has 2 aliphatic rings. The zero-order valence-electron chi connectivity index (χ0n) is 20.3. The Morgan fingerprint density at radius 3 is 2.19 bits per heavy atom. The van der Waals surface area contributed by atoms with Crippen molar-refractivity contribution in [1.82, 2.24) is 0 Å². The maximum absolute atomic E-state index is 5.80. The van der Waals surface area contributed by atoms with E-state index in [0.717, 1.165) is 36.5 Å². The standard InChI is InChI=1S/C30H46O/c1-3-5-7-8-9-10-11-25-12-14-26(15-13-25)27-16-18-28(19-17-27)29-20-22-30(23-21-29)31-24-6-4-2/h16,18-23,25-27H,3-15,17,24H2,1-2H3. The predicted octanol–water partition coefficient (Wildman–Crippen LogP) is 9.38. The lowest BCUT2D eigenvalue weighted by Gasteiger charge is -2.33. The Bertz CT molecular complexity index is 660. The summed E-state index contributed by atoms with van der Waals surface area (Å²) in [5.74, 6) is 3.67. The lowest BCUT2D eigenvalue weighted by Crippen LogP contribution is -2.21. The molecule has 1 aromatic carbocycles. The predicted molar refractivity (Wildman–Crippen MR) is 136 cm³/mol. The molecule has 0 saturated heterocycles. The van der Waals surface area contributed by atoms with Gasteiger partial charge < -0.3 is 4.74 Å². The van der Waals surface area contributed by atoms with Gasteiger partial charge in [0.2, 0.25) is 0 Å². The molecule has 0 aliphatic heterocycles. The van der Waals surface area contributed by atoms with Gasteiger partial charge in [0.1, 0.15) is 5.75 Å². The van der Waals surface area contributed by atoms with Crippen molar-refractivity contribution in [3.8, 4) is 5.75 Å². The monoisotopic (exact) mass is 422 g/mol. The summed E-state index contributed by atoms with van der Waals surface area (Å²) < 4.78 is 5.80. The van der Waals surface area contributed by atoms with Crippen molar-refractivity contribution in [3.05, 3.63) is 48.1 Å². The molecule has 0 N–H and O–H groups in total.